The largest absolute Gasteiger partial charge is 0.313 e. The molecule has 1 aromatic rings. The highest BCUT2D eigenvalue weighted by Gasteiger charge is 2.10. The zero-order valence-electron chi connectivity index (χ0n) is 12.0. The molecule has 0 radical (unpaired) electrons. The van der Waals surface area contributed by atoms with Gasteiger partial charge in [0, 0.05) is 10.5 Å². The fraction of sp³-hybridized carbons (Fsp3) is 0.625. The summed E-state index contributed by atoms with van der Waals surface area (Å²) in [6, 6.07) is 6.65. The van der Waals surface area contributed by atoms with Crippen LogP contribution in [0.2, 0.25) is 5.02 Å². The van der Waals surface area contributed by atoms with Crippen molar-refractivity contribution in [2.45, 2.75) is 57.9 Å². The van der Waals surface area contributed by atoms with Crippen molar-refractivity contribution in [2.24, 2.45) is 0 Å². The van der Waals surface area contributed by atoms with Crippen molar-refractivity contribution in [2.75, 3.05) is 7.05 Å². The Morgan fingerprint density at radius 2 is 1.84 bits per heavy atom. The maximum Gasteiger partial charge on any atom is 0.0551 e. The van der Waals surface area contributed by atoms with E-state index in [1.54, 1.807) is 0 Å². The molecular formula is C16H25BrClN. The van der Waals surface area contributed by atoms with Gasteiger partial charge in [0.1, 0.15) is 0 Å². The molecule has 3 heteroatoms. The third kappa shape index (κ3) is 6.29. The molecule has 0 aliphatic carbocycles. The summed E-state index contributed by atoms with van der Waals surface area (Å²) in [5.74, 6) is 0. The van der Waals surface area contributed by atoms with Gasteiger partial charge >= 0.3 is 0 Å². The van der Waals surface area contributed by atoms with Gasteiger partial charge in [-0.05, 0) is 47.1 Å². The first-order chi connectivity index (χ1) is 9.19. The van der Waals surface area contributed by atoms with E-state index in [0.29, 0.717) is 6.04 Å². The van der Waals surface area contributed by atoms with Gasteiger partial charge in [-0.2, -0.15) is 0 Å². The molecular weight excluding hydrogens is 322 g/mol. The maximum absolute atomic E-state index is 6.16. The SMILES string of the molecule is CCCCCCCCC(NC)c1ccc(Br)c(Cl)c1. The van der Waals surface area contributed by atoms with Crippen LogP contribution in [0.1, 0.15) is 63.5 Å². The lowest BCUT2D eigenvalue weighted by Crippen LogP contribution is -2.16. The fourth-order valence-corrected chi connectivity index (χ4v) is 2.77. The summed E-state index contributed by atoms with van der Waals surface area (Å²) in [6.07, 6.45) is 9.23. The Morgan fingerprint density at radius 1 is 1.16 bits per heavy atom. The maximum atomic E-state index is 6.16. The van der Waals surface area contributed by atoms with E-state index >= 15 is 0 Å². The highest BCUT2D eigenvalue weighted by molar-refractivity contribution is 9.10. The van der Waals surface area contributed by atoms with Crippen LogP contribution in [0.3, 0.4) is 0 Å². The summed E-state index contributed by atoms with van der Waals surface area (Å²) in [4.78, 5) is 0. The van der Waals surface area contributed by atoms with Gasteiger partial charge in [0.2, 0.25) is 0 Å². The molecule has 0 saturated heterocycles. The van der Waals surface area contributed by atoms with Crippen LogP contribution in [0.25, 0.3) is 0 Å². The van der Waals surface area contributed by atoms with Crippen LogP contribution >= 0.6 is 27.5 Å². The second-order valence-electron chi connectivity index (χ2n) is 5.07. The van der Waals surface area contributed by atoms with E-state index < -0.39 is 0 Å². The molecule has 1 nitrogen and oxygen atoms in total. The van der Waals surface area contributed by atoms with Crippen molar-refractivity contribution in [3.8, 4) is 0 Å². The summed E-state index contributed by atoms with van der Waals surface area (Å²) in [7, 11) is 2.03. The normalized spacial score (nSPS) is 12.6. The molecule has 0 saturated carbocycles. The van der Waals surface area contributed by atoms with Crippen LogP contribution in [0, 0.1) is 0 Å². The summed E-state index contributed by atoms with van der Waals surface area (Å²) in [6.45, 7) is 2.26. The highest BCUT2D eigenvalue weighted by atomic mass is 79.9. The first kappa shape index (κ1) is 17.0. The first-order valence-electron chi connectivity index (χ1n) is 7.31. The van der Waals surface area contributed by atoms with Gasteiger partial charge in [0.25, 0.3) is 0 Å². The molecule has 0 aliphatic heterocycles. The minimum absolute atomic E-state index is 0.414. The van der Waals surface area contributed by atoms with Gasteiger partial charge in [0.15, 0.2) is 0 Å². The Morgan fingerprint density at radius 3 is 2.47 bits per heavy atom. The first-order valence-corrected chi connectivity index (χ1v) is 8.48. The minimum atomic E-state index is 0.414. The van der Waals surface area contributed by atoms with Crippen molar-refractivity contribution < 1.29 is 0 Å². The molecule has 0 bridgehead atoms. The molecule has 1 rings (SSSR count). The number of rotatable bonds is 9. The Bertz CT molecular complexity index is 368. The number of unbranched alkanes of at least 4 members (excludes halogenated alkanes) is 5. The van der Waals surface area contributed by atoms with E-state index in [9.17, 15) is 0 Å². The van der Waals surface area contributed by atoms with Crippen molar-refractivity contribution in [3.63, 3.8) is 0 Å². The number of hydrogen-bond donors (Lipinski definition) is 1. The summed E-state index contributed by atoms with van der Waals surface area (Å²) in [5.41, 5.74) is 1.28. The van der Waals surface area contributed by atoms with Crippen molar-refractivity contribution in [3.05, 3.63) is 33.3 Å². The Labute approximate surface area is 131 Å². The molecule has 0 aromatic heterocycles. The summed E-state index contributed by atoms with van der Waals surface area (Å²) >= 11 is 9.59. The van der Waals surface area contributed by atoms with E-state index in [-0.39, 0.29) is 0 Å². The highest BCUT2D eigenvalue weighted by Crippen LogP contribution is 2.28. The molecule has 0 amide bonds. The quantitative estimate of drug-likeness (QED) is 0.532. The van der Waals surface area contributed by atoms with Crippen LogP contribution in [-0.2, 0) is 0 Å². The van der Waals surface area contributed by atoms with Crippen molar-refractivity contribution in [1.29, 1.82) is 0 Å². The number of nitrogens with one attached hydrogen (secondary N) is 1. The van der Waals surface area contributed by atoms with E-state index in [1.165, 1.54) is 50.5 Å². The molecule has 1 aromatic carbocycles. The molecule has 0 aliphatic rings. The third-order valence-corrected chi connectivity index (χ3v) is 4.77. The number of hydrogen-bond acceptors (Lipinski definition) is 1. The van der Waals surface area contributed by atoms with Gasteiger partial charge in [0.05, 0.1) is 5.02 Å². The number of halogens is 2. The molecule has 0 spiro atoms. The van der Waals surface area contributed by atoms with Crippen LogP contribution < -0.4 is 5.32 Å². The van der Waals surface area contributed by atoms with Crippen molar-refractivity contribution in [1.82, 2.24) is 5.32 Å². The number of benzene rings is 1. The van der Waals surface area contributed by atoms with Crippen LogP contribution in [0.4, 0.5) is 0 Å². The third-order valence-electron chi connectivity index (χ3n) is 3.54. The van der Waals surface area contributed by atoms with Crippen LogP contribution in [0.5, 0.6) is 0 Å². The van der Waals surface area contributed by atoms with Crippen LogP contribution in [-0.4, -0.2) is 7.05 Å². The zero-order chi connectivity index (χ0) is 14.1. The zero-order valence-corrected chi connectivity index (χ0v) is 14.4. The Kier molecular flexibility index (Phi) is 8.76. The minimum Gasteiger partial charge on any atom is -0.313 e. The van der Waals surface area contributed by atoms with E-state index in [0.717, 1.165) is 9.50 Å². The van der Waals surface area contributed by atoms with E-state index in [4.69, 9.17) is 11.6 Å². The summed E-state index contributed by atoms with van der Waals surface area (Å²) < 4.78 is 0.965. The Balaban J connectivity index is 2.38. The molecule has 1 unspecified atom stereocenters. The van der Waals surface area contributed by atoms with Gasteiger partial charge in [-0.3, -0.25) is 0 Å². The molecule has 0 heterocycles. The van der Waals surface area contributed by atoms with Gasteiger partial charge in [-0.1, -0.05) is 63.1 Å². The fourth-order valence-electron chi connectivity index (χ4n) is 2.34. The van der Waals surface area contributed by atoms with Gasteiger partial charge in [-0.25, -0.2) is 0 Å². The predicted octanol–water partition coefficient (Wildman–Crippen LogP) is 6.11. The summed E-state index contributed by atoms with van der Waals surface area (Å²) in [5, 5.41) is 4.19. The average molecular weight is 347 g/mol. The van der Waals surface area contributed by atoms with Gasteiger partial charge < -0.3 is 5.32 Å². The predicted molar refractivity (Wildman–Crippen MR) is 88.9 cm³/mol. The average Bonchev–Trinajstić information content (AvgIpc) is 2.41. The van der Waals surface area contributed by atoms with Crippen LogP contribution in [0.15, 0.2) is 22.7 Å². The second kappa shape index (κ2) is 9.79. The molecule has 1 atom stereocenters. The van der Waals surface area contributed by atoms with E-state index in [1.807, 2.05) is 13.1 Å². The molecule has 108 valence electrons. The van der Waals surface area contributed by atoms with E-state index in [2.05, 4.69) is 40.3 Å². The monoisotopic (exact) mass is 345 g/mol. The lowest BCUT2D eigenvalue weighted by atomic mass is 10.00. The molecule has 0 fully saturated rings. The Hall–Kier alpha value is -0.0500. The lowest BCUT2D eigenvalue weighted by molar-refractivity contribution is 0.498. The molecule has 1 N–H and O–H groups in total. The lowest BCUT2D eigenvalue weighted by Gasteiger charge is -2.17. The standard InChI is InChI=1S/C16H25BrClN/c1-3-4-5-6-7-8-9-16(19-2)13-10-11-14(17)15(18)12-13/h10-12,16,19H,3-9H2,1-2H3. The topological polar surface area (TPSA) is 12.0 Å². The second-order valence-corrected chi connectivity index (χ2v) is 6.33. The molecule has 19 heavy (non-hydrogen) atoms. The smallest absolute Gasteiger partial charge is 0.0551 e. The van der Waals surface area contributed by atoms with Crippen molar-refractivity contribution >= 4 is 27.5 Å². The van der Waals surface area contributed by atoms with Gasteiger partial charge in [-0.15, -0.1) is 0 Å².